The van der Waals surface area contributed by atoms with Gasteiger partial charge >= 0.3 is 0 Å². The molecule has 0 saturated heterocycles. The second kappa shape index (κ2) is 8.08. The van der Waals surface area contributed by atoms with Crippen LogP contribution in [0.2, 0.25) is 0 Å². The van der Waals surface area contributed by atoms with Gasteiger partial charge < -0.3 is 0 Å². The molecule has 0 aromatic heterocycles. The van der Waals surface area contributed by atoms with Gasteiger partial charge in [-0.25, -0.2) is 0 Å². The highest BCUT2D eigenvalue weighted by atomic mass is 14.7. The third kappa shape index (κ3) is 7.08. The molecule has 0 saturated carbocycles. The molecule has 0 bridgehead atoms. The van der Waals surface area contributed by atoms with Gasteiger partial charge in [-0.2, -0.15) is 0 Å². The molecule has 0 spiro atoms. The summed E-state index contributed by atoms with van der Waals surface area (Å²) in [5, 5.41) is 0. The highest BCUT2D eigenvalue weighted by molar-refractivity contribution is 5.70. The Labute approximate surface area is 62.4 Å². The van der Waals surface area contributed by atoms with Crippen LogP contribution in [0.3, 0.4) is 0 Å². The van der Waals surface area contributed by atoms with Crippen molar-refractivity contribution in [3.63, 3.8) is 0 Å². The van der Waals surface area contributed by atoms with Crippen molar-refractivity contribution < 1.29 is 0 Å². The molecule has 0 amide bonds. The highest BCUT2D eigenvalue weighted by Crippen LogP contribution is 1.85. The van der Waals surface area contributed by atoms with Crippen molar-refractivity contribution in [1.29, 1.82) is 0 Å². The van der Waals surface area contributed by atoms with Crippen molar-refractivity contribution in [2.24, 2.45) is 9.98 Å². The van der Waals surface area contributed by atoms with Crippen LogP contribution < -0.4 is 0 Å². The van der Waals surface area contributed by atoms with E-state index in [1.807, 2.05) is 0 Å². The third-order valence-corrected chi connectivity index (χ3v) is 1.02. The van der Waals surface area contributed by atoms with Crippen LogP contribution in [0, 0.1) is 0 Å². The fraction of sp³-hybridized carbons (Fsp3) is 0.500. The molecule has 0 aromatic rings. The maximum atomic E-state index is 4.10. The molecule has 0 aliphatic rings. The van der Waals surface area contributed by atoms with Gasteiger partial charge in [-0.05, 0) is 19.2 Å². The molecule has 2 heteroatoms. The van der Waals surface area contributed by atoms with Crippen molar-refractivity contribution >= 4 is 12.9 Å². The van der Waals surface area contributed by atoms with Crippen LogP contribution >= 0.6 is 0 Å². The Hall–Kier alpha value is -0.920. The fourth-order valence-corrected chi connectivity index (χ4v) is 0.484. The molecule has 0 aliphatic carbocycles. The van der Waals surface area contributed by atoms with Crippen molar-refractivity contribution in [3.8, 4) is 0 Å². The van der Waals surface area contributed by atoms with E-state index in [1.54, 1.807) is 18.5 Å². The molecule has 0 unspecified atom stereocenters. The molecule has 0 atom stereocenters. The molecule has 0 fully saturated rings. The van der Waals surface area contributed by atoms with Gasteiger partial charge in [0.1, 0.15) is 0 Å². The Bertz CT molecular complexity index is 125. The van der Waals surface area contributed by atoms with Gasteiger partial charge in [0.2, 0.25) is 0 Å². The van der Waals surface area contributed by atoms with E-state index in [1.165, 1.54) is 6.42 Å². The van der Waals surface area contributed by atoms with E-state index in [0.717, 1.165) is 13.0 Å². The minimum Gasteiger partial charge on any atom is -0.293 e. The van der Waals surface area contributed by atoms with Gasteiger partial charge in [0.15, 0.2) is 0 Å². The molecular weight excluding hydrogens is 124 g/mol. The summed E-state index contributed by atoms with van der Waals surface area (Å²) >= 11 is 0. The van der Waals surface area contributed by atoms with Crippen molar-refractivity contribution in [2.45, 2.75) is 19.8 Å². The van der Waals surface area contributed by atoms with Gasteiger partial charge in [0.25, 0.3) is 0 Å². The lowest BCUT2D eigenvalue weighted by molar-refractivity contribution is 0.810. The minimum atomic E-state index is 0.915. The van der Waals surface area contributed by atoms with E-state index in [4.69, 9.17) is 0 Å². The standard InChI is InChI=1S/C8H14N2/c1-3-4-7-10-8-5-6-9-2/h5-6,8H,2-4,7H2,1H3/b6-5-,10-8-. The summed E-state index contributed by atoms with van der Waals surface area (Å²) in [7, 11) is 0. The lowest BCUT2D eigenvalue weighted by Gasteiger charge is -1.85. The summed E-state index contributed by atoms with van der Waals surface area (Å²) in [6, 6.07) is 0. The lowest BCUT2D eigenvalue weighted by Crippen LogP contribution is -1.77. The first-order chi connectivity index (χ1) is 4.91. The molecule has 2 nitrogen and oxygen atoms in total. The van der Waals surface area contributed by atoms with Crippen LogP contribution in [-0.4, -0.2) is 19.5 Å². The van der Waals surface area contributed by atoms with E-state index in [9.17, 15) is 0 Å². The summed E-state index contributed by atoms with van der Waals surface area (Å²) in [6.07, 6.45) is 7.51. The monoisotopic (exact) mass is 138 g/mol. The zero-order chi connectivity index (χ0) is 7.66. The number of nitrogens with zero attached hydrogens (tertiary/aromatic N) is 2. The fourth-order valence-electron chi connectivity index (χ4n) is 0.484. The van der Waals surface area contributed by atoms with Crippen LogP contribution in [0.5, 0.6) is 0 Å². The highest BCUT2D eigenvalue weighted by Gasteiger charge is 1.74. The summed E-state index contributed by atoms with van der Waals surface area (Å²) in [6.45, 7) is 6.36. The maximum absolute atomic E-state index is 4.10. The predicted molar refractivity (Wildman–Crippen MR) is 47.0 cm³/mol. The number of unbranched alkanes of at least 4 members (excludes halogenated alkanes) is 1. The predicted octanol–water partition coefficient (Wildman–Crippen LogP) is 2.07. The smallest absolute Gasteiger partial charge is 0.0389 e. The van der Waals surface area contributed by atoms with Crippen LogP contribution in [0.4, 0.5) is 0 Å². The number of aliphatic imine (C=N–C) groups is 2. The second-order valence-electron chi connectivity index (χ2n) is 1.93. The van der Waals surface area contributed by atoms with E-state index in [0.29, 0.717) is 0 Å². The molecule has 10 heavy (non-hydrogen) atoms. The van der Waals surface area contributed by atoms with Gasteiger partial charge in [-0.1, -0.05) is 13.3 Å². The Morgan fingerprint density at radius 3 is 2.90 bits per heavy atom. The first-order valence-corrected chi connectivity index (χ1v) is 3.52. The van der Waals surface area contributed by atoms with Crippen LogP contribution in [-0.2, 0) is 0 Å². The SMILES string of the molecule is C=N/C=C\C=N/CCCC. The average Bonchev–Trinajstić information content (AvgIpc) is 1.97. The van der Waals surface area contributed by atoms with E-state index in [2.05, 4.69) is 23.6 Å². The maximum Gasteiger partial charge on any atom is 0.0389 e. The molecule has 56 valence electrons. The number of hydrogen-bond donors (Lipinski definition) is 0. The average molecular weight is 138 g/mol. The second-order valence-corrected chi connectivity index (χ2v) is 1.93. The number of allylic oxidation sites excluding steroid dienone is 1. The molecule has 0 aliphatic heterocycles. The summed E-state index contributed by atoms with van der Waals surface area (Å²) in [5.41, 5.74) is 0. The van der Waals surface area contributed by atoms with Gasteiger partial charge in [-0.3, -0.25) is 9.98 Å². The molecule has 0 heterocycles. The summed E-state index contributed by atoms with van der Waals surface area (Å²) in [5.74, 6) is 0. The van der Waals surface area contributed by atoms with Gasteiger partial charge in [0, 0.05) is 19.0 Å². The lowest BCUT2D eigenvalue weighted by atomic mass is 10.3. The minimum absolute atomic E-state index is 0.915. The summed E-state index contributed by atoms with van der Waals surface area (Å²) in [4.78, 5) is 7.63. The quantitative estimate of drug-likeness (QED) is 0.410. The molecule has 0 N–H and O–H groups in total. The molecule has 0 aromatic carbocycles. The van der Waals surface area contributed by atoms with Crippen LogP contribution in [0.15, 0.2) is 22.3 Å². The first kappa shape index (κ1) is 9.08. The van der Waals surface area contributed by atoms with Crippen molar-refractivity contribution in [3.05, 3.63) is 12.3 Å². The van der Waals surface area contributed by atoms with Crippen molar-refractivity contribution in [1.82, 2.24) is 0 Å². The zero-order valence-electron chi connectivity index (χ0n) is 6.45. The Balaban J connectivity index is 3.19. The normalized spacial score (nSPS) is 11.3. The Morgan fingerprint density at radius 2 is 2.30 bits per heavy atom. The third-order valence-electron chi connectivity index (χ3n) is 1.02. The largest absolute Gasteiger partial charge is 0.293 e. The van der Waals surface area contributed by atoms with E-state index in [-0.39, 0.29) is 0 Å². The molecule has 0 rings (SSSR count). The Kier molecular flexibility index (Phi) is 7.34. The molecular formula is C8H14N2. The number of rotatable bonds is 5. The number of hydrogen-bond acceptors (Lipinski definition) is 2. The van der Waals surface area contributed by atoms with Gasteiger partial charge in [-0.15, -0.1) is 0 Å². The zero-order valence-corrected chi connectivity index (χ0v) is 6.45. The topological polar surface area (TPSA) is 24.7 Å². The summed E-state index contributed by atoms with van der Waals surface area (Å²) < 4.78 is 0. The van der Waals surface area contributed by atoms with E-state index < -0.39 is 0 Å². The molecule has 0 radical (unpaired) electrons. The Morgan fingerprint density at radius 1 is 1.50 bits per heavy atom. The first-order valence-electron chi connectivity index (χ1n) is 3.52. The van der Waals surface area contributed by atoms with Crippen molar-refractivity contribution in [2.75, 3.05) is 6.54 Å². The van der Waals surface area contributed by atoms with E-state index >= 15 is 0 Å². The van der Waals surface area contributed by atoms with Crippen LogP contribution in [0.25, 0.3) is 0 Å². The van der Waals surface area contributed by atoms with Gasteiger partial charge in [0.05, 0.1) is 0 Å². The van der Waals surface area contributed by atoms with Crippen LogP contribution in [0.1, 0.15) is 19.8 Å².